The first-order chi connectivity index (χ1) is 11.2. The zero-order valence-corrected chi connectivity index (χ0v) is 13.3. The fourth-order valence-electron chi connectivity index (χ4n) is 4.35. The van der Waals surface area contributed by atoms with Crippen LogP contribution < -0.4 is 5.43 Å². The summed E-state index contributed by atoms with van der Waals surface area (Å²) in [5.41, 5.74) is 4.24. The lowest BCUT2D eigenvalue weighted by Crippen LogP contribution is -2.47. The normalized spacial score (nSPS) is 32.6. The molecular weight excluding hydrogens is 292 g/mol. The van der Waals surface area contributed by atoms with Crippen molar-refractivity contribution >= 4 is 11.8 Å². The maximum absolute atomic E-state index is 13.0. The van der Waals surface area contributed by atoms with Crippen LogP contribution in [0, 0.1) is 5.92 Å². The molecule has 0 spiro atoms. The van der Waals surface area contributed by atoms with E-state index in [2.05, 4.69) is 10.4 Å². The van der Waals surface area contributed by atoms with E-state index in [4.69, 9.17) is 0 Å². The lowest BCUT2D eigenvalue weighted by atomic mass is 9.91. The number of likely N-dealkylation sites (tertiary alicyclic amines) is 1. The first-order valence-electron chi connectivity index (χ1n) is 8.44. The number of hydrogen-bond acceptors (Lipinski definition) is 5. The number of amides is 2. The number of nitrogens with zero attached hydrogens (tertiary/aromatic N) is 3. The third-order valence-electron chi connectivity index (χ3n) is 5.46. The molecule has 3 heterocycles. The van der Waals surface area contributed by atoms with Gasteiger partial charge in [-0.3, -0.25) is 19.5 Å². The van der Waals surface area contributed by atoms with Crippen molar-refractivity contribution in [3.8, 4) is 0 Å². The Bertz CT molecular complexity index is 614. The highest BCUT2D eigenvalue weighted by molar-refractivity contribution is 6.08. The summed E-state index contributed by atoms with van der Waals surface area (Å²) in [6.45, 7) is 0. The van der Waals surface area contributed by atoms with E-state index < -0.39 is 6.04 Å². The first kappa shape index (κ1) is 14.8. The minimum atomic E-state index is -0.394. The van der Waals surface area contributed by atoms with Crippen LogP contribution in [0.1, 0.15) is 43.7 Å². The number of nitrogens with one attached hydrogen (secondary N) is 1. The Labute approximate surface area is 135 Å². The summed E-state index contributed by atoms with van der Waals surface area (Å²) in [7, 11) is 1.85. The summed E-state index contributed by atoms with van der Waals surface area (Å²) in [5.74, 6) is -0.399. The number of hydrazine groups is 1. The minimum absolute atomic E-state index is 0.0161. The molecule has 0 aromatic carbocycles. The summed E-state index contributed by atoms with van der Waals surface area (Å²) in [6.07, 6.45) is 8.81. The molecule has 3 aliphatic rings. The van der Waals surface area contributed by atoms with Gasteiger partial charge in [-0.05, 0) is 24.5 Å². The molecule has 3 atom stereocenters. The lowest BCUT2D eigenvalue weighted by Gasteiger charge is -2.31. The topological polar surface area (TPSA) is 65.5 Å². The van der Waals surface area contributed by atoms with Gasteiger partial charge in [0.15, 0.2) is 0 Å². The monoisotopic (exact) mass is 314 g/mol. The molecule has 1 aliphatic carbocycles. The van der Waals surface area contributed by atoms with Crippen LogP contribution in [0.5, 0.6) is 0 Å². The van der Waals surface area contributed by atoms with Crippen LogP contribution in [0.15, 0.2) is 24.5 Å². The largest absolute Gasteiger partial charge is 0.278 e. The Balaban J connectivity index is 1.65. The third-order valence-corrected chi connectivity index (χ3v) is 5.46. The van der Waals surface area contributed by atoms with Crippen molar-refractivity contribution in [1.29, 1.82) is 0 Å². The van der Waals surface area contributed by atoms with Crippen LogP contribution in [0.3, 0.4) is 0 Å². The molecule has 1 N–H and O–H groups in total. The fraction of sp³-hybridized carbons (Fsp3) is 0.588. The Morgan fingerprint density at radius 3 is 2.65 bits per heavy atom. The van der Waals surface area contributed by atoms with Crippen molar-refractivity contribution in [1.82, 2.24) is 20.3 Å². The molecule has 6 nitrogen and oxygen atoms in total. The van der Waals surface area contributed by atoms with Crippen LogP contribution in [0.4, 0.5) is 0 Å². The maximum Gasteiger partial charge on any atom is 0.249 e. The number of hydrogen-bond donors (Lipinski definition) is 1. The average molecular weight is 314 g/mol. The van der Waals surface area contributed by atoms with Crippen molar-refractivity contribution in [3.05, 3.63) is 30.1 Å². The highest BCUT2D eigenvalue weighted by Gasteiger charge is 2.58. The van der Waals surface area contributed by atoms with Gasteiger partial charge in [-0.2, -0.15) is 0 Å². The molecule has 2 saturated heterocycles. The molecule has 0 unspecified atom stereocenters. The maximum atomic E-state index is 13.0. The molecular formula is C17H22N4O2. The Hall–Kier alpha value is -1.79. The van der Waals surface area contributed by atoms with E-state index in [1.165, 1.54) is 6.42 Å². The molecule has 1 aromatic heterocycles. The van der Waals surface area contributed by atoms with Crippen molar-refractivity contribution < 1.29 is 9.59 Å². The number of carbonyl (C=O) groups is 2. The van der Waals surface area contributed by atoms with Gasteiger partial charge in [-0.15, -0.1) is 0 Å². The van der Waals surface area contributed by atoms with Gasteiger partial charge < -0.3 is 0 Å². The van der Waals surface area contributed by atoms with Crippen LogP contribution in [0.2, 0.25) is 0 Å². The molecule has 2 amide bonds. The van der Waals surface area contributed by atoms with E-state index in [1.54, 1.807) is 17.3 Å². The molecule has 0 radical (unpaired) electrons. The standard InChI is InChI=1S/C17H22N4O2/c1-20-15-13(14(19-20)11-6-5-9-18-10-11)16(22)21(17(15)23)12-7-3-2-4-8-12/h5-6,9-10,12-15,19H,2-4,7-8H2,1H3/t13-,14+,15-/m1/s1. The van der Waals surface area contributed by atoms with E-state index in [9.17, 15) is 9.59 Å². The van der Waals surface area contributed by atoms with Gasteiger partial charge in [-0.25, -0.2) is 10.4 Å². The van der Waals surface area contributed by atoms with Crippen molar-refractivity contribution in [2.24, 2.45) is 5.92 Å². The zero-order chi connectivity index (χ0) is 16.0. The SMILES string of the molecule is CN1N[C@@H](c2cccnc2)[C@H]2C(=O)N(C3CCCCC3)C(=O)[C@@H]21. The van der Waals surface area contributed by atoms with Gasteiger partial charge in [0.2, 0.25) is 11.8 Å². The minimum Gasteiger partial charge on any atom is -0.278 e. The second-order valence-corrected chi connectivity index (χ2v) is 6.81. The van der Waals surface area contributed by atoms with Gasteiger partial charge in [-0.1, -0.05) is 25.3 Å². The van der Waals surface area contributed by atoms with Crippen LogP contribution >= 0.6 is 0 Å². The van der Waals surface area contributed by atoms with Gasteiger partial charge in [0.25, 0.3) is 0 Å². The molecule has 6 heteroatoms. The second-order valence-electron chi connectivity index (χ2n) is 6.81. The van der Waals surface area contributed by atoms with Crippen LogP contribution in [0.25, 0.3) is 0 Å². The third kappa shape index (κ3) is 2.28. The van der Waals surface area contributed by atoms with Crippen LogP contribution in [-0.4, -0.2) is 45.8 Å². The summed E-state index contributed by atoms with van der Waals surface area (Å²) in [4.78, 5) is 31.7. The molecule has 3 fully saturated rings. The zero-order valence-electron chi connectivity index (χ0n) is 13.3. The van der Waals surface area contributed by atoms with E-state index in [0.717, 1.165) is 31.2 Å². The fourth-order valence-corrected chi connectivity index (χ4v) is 4.35. The second kappa shape index (κ2) is 5.69. The highest BCUT2D eigenvalue weighted by atomic mass is 16.2. The average Bonchev–Trinajstić information content (AvgIpc) is 3.06. The smallest absolute Gasteiger partial charge is 0.249 e. The van der Waals surface area contributed by atoms with Gasteiger partial charge in [0.1, 0.15) is 6.04 Å². The number of pyridine rings is 1. The quantitative estimate of drug-likeness (QED) is 0.833. The molecule has 122 valence electrons. The highest BCUT2D eigenvalue weighted by Crippen LogP contribution is 2.41. The van der Waals surface area contributed by atoms with E-state index >= 15 is 0 Å². The predicted octanol–water partition coefficient (Wildman–Crippen LogP) is 1.26. The van der Waals surface area contributed by atoms with Crippen molar-refractivity contribution in [3.63, 3.8) is 0 Å². The van der Waals surface area contributed by atoms with Crippen LogP contribution in [-0.2, 0) is 9.59 Å². The number of rotatable bonds is 2. The summed E-state index contributed by atoms with van der Waals surface area (Å²) in [5, 5.41) is 1.81. The molecule has 1 saturated carbocycles. The Morgan fingerprint density at radius 2 is 1.96 bits per heavy atom. The number of likely N-dealkylation sites (N-methyl/N-ethyl adjacent to an activating group) is 1. The molecule has 23 heavy (non-hydrogen) atoms. The van der Waals surface area contributed by atoms with Crippen molar-refractivity contribution in [2.75, 3.05) is 7.05 Å². The van der Waals surface area contributed by atoms with Gasteiger partial charge in [0.05, 0.1) is 12.0 Å². The molecule has 4 rings (SSSR count). The van der Waals surface area contributed by atoms with E-state index in [0.29, 0.717) is 0 Å². The summed E-state index contributed by atoms with van der Waals surface area (Å²) >= 11 is 0. The first-order valence-corrected chi connectivity index (χ1v) is 8.44. The predicted molar refractivity (Wildman–Crippen MR) is 83.9 cm³/mol. The summed E-state index contributed by atoms with van der Waals surface area (Å²) < 4.78 is 0. The van der Waals surface area contributed by atoms with Crippen molar-refractivity contribution in [2.45, 2.75) is 50.2 Å². The Kier molecular flexibility index (Phi) is 3.66. The Morgan fingerprint density at radius 1 is 1.17 bits per heavy atom. The van der Waals surface area contributed by atoms with Gasteiger partial charge in [0, 0.05) is 25.5 Å². The van der Waals surface area contributed by atoms with E-state index in [1.807, 2.05) is 24.2 Å². The number of imide groups is 1. The number of aromatic nitrogens is 1. The lowest BCUT2D eigenvalue weighted by molar-refractivity contribution is -0.144. The molecule has 2 aliphatic heterocycles. The summed E-state index contributed by atoms with van der Waals surface area (Å²) in [6, 6.07) is 3.35. The van der Waals surface area contributed by atoms with E-state index in [-0.39, 0.29) is 29.8 Å². The molecule has 1 aromatic rings. The van der Waals surface area contributed by atoms with Gasteiger partial charge >= 0.3 is 0 Å². The molecule has 0 bridgehead atoms. The number of carbonyl (C=O) groups excluding carboxylic acids is 2. The number of fused-ring (bicyclic) bond motifs is 1.